The van der Waals surface area contributed by atoms with Gasteiger partial charge in [0.25, 0.3) is 0 Å². The number of rotatable bonds is 3. The number of carbonyl (C=O) groups is 1. The number of sulfone groups is 1. The molecule has 0 saturated carbocycles. The number of carbonyl (C=O) groups excluding carboxylic acids is 1. The fourth-order valence-electron chi connectivity index (χ4n) is 1.66. The lowest BCUT2D eigenvalue weighted by Crippen LogP contribution is -2.52. The lowest BCUT2D eigenvalue weighted by molar-refractivity contribution is 0.0506. The molecule has 1 aromatic rings. The van der Waals surface area contributed by atoms with Crippen LogP contribution in [0.3, 0.4) is 0 Å². The molecule has 7 nitrogen and oxygen atoms in total. The molecule has 0 saturated heterocycles. The van der Waals surface area contributed by atoms with Crippen molar-refractivity contribution >= 4 is 21.7 Å². The molecule has 20 heavy (non-hydrogen) atoms. The summed E-state index contributed by atoms with van der Waals surface area (Å²) >= 11 is 0. The molecule has 108 valence electrons. The zero-order valence-corrected chi connectivity index (χ0v) is 11.9. The van der Waals surface area contributed by atoms with Crippen LogP contribution < -0.4 is 5.32 Å². The molecule has 0 aromatic heterocycles. The Labute approximate surface area is 116 Å². The molecule has 0 radical (unpaired) electrons. The highest BCUT2D eigenvalue weighted by atomic mass is 32.2. The van der Waals surface area contributed by atoms with E-state index >= 15 is 0 Å². The third-order valence-corrected chi connectivity index (χ3v) is 4.54. The van der Waals surface area contributed by atoms with Crippen molar-refractivity contribution in [3.8, 4) is 0 Å². The van der Waals surface area contributed by atoms with Crippen LogP contribution in [-0.4, -0.2) is 49.4 Å². The number of benzene rings is 1. The van der Waals surface area contributed by atoms with Gasteiger partial charge in [-0.05, 0) is 19.1 Å². The van der Waals surface area contributed by atoms with E-state index in [2.05, 4.69) is 10.3 Å². The van der Waals surface area contributed by atoms with Crippen LogP contribution in [0.25, 0.3) is 0 Å². The highest BCUT2D eigenvalue weighted by molar-refractivity contribution is 7.92. The fraction of sp³-hybridized carbons (Fsp3) is 0.333. The van der Waals surface area contributed by atoms with Crippen LogP contribution in [0.15, 0.2) is 34.2 Å². The molecular formula is C12H15N3O4S. The second-order valence-electron chi connectivity index (χ2n) is 4.54. The normalized spacial score (nSPS) is 19.6. The van der Waals surface area contributed by atoms with Crippen LogP contribution in [-0.2, 0) is 9.84 Å². The molecule has 0 spiro atoms. The van der Waals surface area contributed by atoms with E-state index in [-0.39, 0.29) is 10.7 Å². The predicted octanol–water partition coefficient (Wildman–Crippen LogP) is 0.0981. The third-order valence-electron chi connectivity index (χ3n) is 2.90. The van der Waals surface area contributed by atoms with Gasteiger partial charge in [-0.3, -0.25) is 10.2 Å². The van der Waals surface area contributed by atoms with Crippen molar-refractivity contribution in [2.24, 2.45) is 4.99 Å². The molecule has 1 atom stereocenters. The number of amides is 2. The number of aryl methyl sites for hydroxylation is 1. The third kappa shape index (κ3) is 2.97. The van der Waals surface area contributed by atoms with Gasteiger partial charge in [-0.1, -0.05) is 17.7 Å². The smallest absolute Gasteiger partial charge is 0.326 e. The standard InChI is InChI=1S/C12H15N3O4S/c1-8-3-5-9(6-4-8)20(18,19)7-10-13-11(16)15(2)12(17)14-10/h3-6,11,16H,7H2,1-2H3,(H,13,14,17). The van der Waals surface area contributed by atoms with Crippen molar-refractivity contribution in [3.05, 3.63) is 29.8 Å². The first-order valence-electron chi connectivity index (χ1n) is 5.87. The van der Waals surface area contributed by atoms with Crippen LogP contribution in [0.2, 0.25) is 0 Å². The summed E-state index contributed by atoms with van der Waals surface area (Å²) in [5.41, 5.74) is 0.948. The highest BCUT2D eigenvalue weighted by Crippen LogP contribution is 2.13. The number of amidine groups is 1. The molecule has 2 rings (SSSR count). The van der Waals surface area contributed by atoms with Gasteiger partial charge in [0, 0.05) is 7.05 Å². The molecule has 0 fully saturated rings. The van der Waals surface area contributed by atoms with Gasteiger partial charge in [0.2, 0.25) is 6.35 Å². The summed E-state index contributed by atoms with van der Waals surface area (Å²) in [7, 11) is -2.26. The lowest BCUT2D eigenvalue weighted by atomic mass is 10.2. The van der Waals surface area contributed by atoms with E-state index in [4.69, 9.17) is 0 Å². The topological polar surface area (TPSA) is 99.1 Å². The van der Waals surface area contributed by atoms with Gasteiger partial charge in [0.05, 0.1) is 4.90 Å². The fourth-order valence-corrected chi connectivity index (χ4v) is 2.88. The van der Waals surface area contributed by atoms with E-state index in [1.807, 2.05) is 6.92 Å². The van der Waals surface area contributed by atoms with E-state index in [9.17, 15) is 18.3 Å². The van der Waals surface area contributed by atoms with Gasteiger partial charge >= 0.3 is 6.03 Å². The molecule has 1 aromatic carbocycles. The number of aliphatic imine (C=N–C) groups is 1. The molecule has 8 heteroatoms. The molecule has 1 aliphatic heterocycles. The second kappa shape index (κ2) is 5.22. The van der Waals surface area contributed by atoms with Gasteiger partial charge < -0.3 is 5.11 Å². The molecule has 0 bridgehead atoms. The Morgan fingerprint density at radius 3 is 2.50 bits per heavy atom. The second-order valence-corrected chi connectivity index (χ2v) is 6.52. The van der Waals surface area contributed by atoms with Crippen LogP contribution in [0.4, 0.5) is 4.79 Å². The molecule has 1 heterocycles. The number of urea groups is 1. The van der Waals surface area contributed by atoms with Crippen molar-refractivity contribution in [3.63, 3.8) is 0 Å². The number of aliphatic hydroxyl groups is 1. The monoisotopic (exact) mass is 297 g/mol. The predicted molar refractivity (Wildman–Crippen MR) is 73.0 cm³/mol. The summed E-state index contributed by atoms with van der Waals surface area (Å²) in [4.78, 5) is 16.3. The van der Waals surface area contributed by atoms with Gasteiger partial charge in [0.1, 0.15) is 11.6 Å². The minimum Gasteiger partial charge on any atom is -0.355 e. The van der Waals surface area contributed by atoms with E-state index in [1.165, 1.54) is 19.2 Å². The summed E-state index contributed by atoms with van der Waals surface area (Å²) in [5, 5.41) is 11.8. The summed E-state index contributed by atoms with van der Waals surface area (Å²) in [6, 6.07) is 5.78. The SMILES string of the molecule is Cc1ccc(S(=O)(=O)CC2=NC(O)N(C)C(=O)N2)cc1. The van der Waals surface area contributed by atoms with Gasteiger partial charge in [-0.25, -0.2) is 18.2 Å². The van der Waals surface area contributed by atoms with Gasteiger partial charge in [-0.2, -0.15) is 0 Å². The Morgan fingerprint density at radius 1 is 1.35 bits per heavy atom. The first-order chi connectivity index (χ1) is 9.29. The van der Waals surface area contributed by atoms with Crippen LogP contribution in [0.1, 0.15) is 5.56 Å². The Hall–Kier alpha value is -1.93. The molecule has 1 unspecified atom stereocenters. The van der Waals surface area contributed by atoms with Crippen molar-refractivity contribution < 1.29 is 18.3 Å². The lowest BCUT2D eigenvalue weighted by Gasteiger charge is -2.26. The maximum Gasteiger partial charge on any atom is 0.326 e. The van der Waals surface area contributed by atoms with Crippen molar-refractivity contribution in [2.75, 3.05) is 12.8 Å². The largest absolute Gasteiger partial charge is 0.355 e. The van der Waals surface area contributed by atoms with Crippen LogP contribution in [0.5, 0.6) is 0 Å². The summed E-state index contributed by atoms with van der Waals surface area (Å²) in [6.45, 7) is 1.86. The Morgan fingerprint density at radius 2 is 1.95 bits per heavy atom. The zero-order valence-electron chi connectivity index (χ0n) is 11.1. The van der Waals surface area contributed by atoms with Crippen molar-refractivity contribution in [1.29, 1.82) is 0 Å². The number of nitrogens with zero attached hydrogens (tertiary/aromatic N) is 2. The average Bonchev–Trinajstić information content (AvgIpc) is 2.36. The maximum absolute atomic E-state index is 12.2. The van der Waals surface area contributed by atoms with Gasteiger partial charge in [-0.15, -0.1) is 0 Å². The Balaban J connectivity index is 2.23. The molecule has 2 N–H and O–H groups in total. The number of aliphatic hydroxyl groups excluding tert-OH is 1. The maximum atomic E-state index is 12.2. The average molecular weight is 297 g/mol. The molecular weight excluding hydrogens is 282 g/mol. The first-order valence-corrected chi connectivity index (χ1v) is 7.53. The highest BCUT2D eigenvalue weighted by Gasteiger charge is 2.27. The zero-order chi connectivity index (χ0) is 14.9. The Bertz CT molecular complexity index is 652. The van der Waals surface area contributed by atoms with Gasteiger partial charge in [0.15, 0.2) is 9.84 Å². The molecule has 0 aliphatic carbocycles. The summed E-state index contributed by atoms with van der Waals surface area (Å²) in [6.07, 6.45) is -1.37. The van der Waals surface area contributed by atoms with Crippen LogP contribution in [0, 0.1) is 6.92 Å². The van der Waals surface area contributed by atoms with E-state index in [0.29, 0.717) is 0 Å². The first kappa shape index (κ1) is 14.5. The minimum absolute atomic E-state index is 0.0684. The number of hydrogen-bond donors (Lipinski definition) is 2. The van der Waals surface area contributed by atoms with E-state index in [1.54, 1.807) is 12.1 Å². The summed E-state index contributed by atoms with van der Waals surface area (Å²) < 4.78 is 24.4. The minimum atomic E-state index is -3.62. The van der Waals surface area contributed by atoms with E-state index < -0.39 is 28.0 Å². The quantitative estimate of drug-likeness (QED) is 0.826. The molecule has 1 aliphatic rings. The Kier molecular flexibility index (Phi) is 3.78. The van der Waals surface area contributed by atoms with Crippen molar-refractivity contribution in [1.82, 2.24) is 10.2 Å². The number of hydrogen-bond acceptors (Lipinski definition) is 5. The number of nitrogens with one attached hydrogen (secondary N) is 1. The van der Waals surface area contributed by atoms with E-state index in [0.717, 1.165) is 10.5 Å². The van der Waals surface area contributed by atoms with Crippen molar-refractivity contribution in [2.45, 2.75) is 18.2 Å². The molecule has 2 amide bonds. The summed E-state index contributed by atoms with van der Waals surface area (Å²) in [5.74, 6) is -0.534. The van der Waals surface area contributed by atoms with Crippen LogP contribution >= 0.6 is 0 Å².